The van der Waals surface area contributed by atoms with Gasteiger partial charge in [-0.25, -0.2) is 0 Å². The number of rotatable bonds is 6. The molecular formula is C14H16BF3O. The van der Waals surface area contributed by atoms with E-state index in [-0.39, 0.29) is 5.47 Å². The molecule has 0 saturated heterocycles. The van der Waals surface area contributed by atoms with E-state index < -0.39 is 18.7 Å². The van der Waals surface area contributed by atoms with Gasteiger partial charge in [0.1, 0.15) is 0 Å². The molecular weight excluding hydrogens is 252 g/mol. The lowest BCUT2D eigenvalue weighted by atomic mass is 9.55. The van der Waals surface area contributed by atoms with Gasteiger partial charge in [-0.05, 0) is 6.92 Å². The van der Waals surface area contributed by atoms with E-state index in [4.69, 9.17) is 0 Å². The Morgan fingerprint density at radius 2 is 1.37 bits per heavy atom. The Morgan fingerprint density at radius 1 is 0.947 bits per heavy atom. The third-order valence-corrected chi connectivity index (χ3v) is 2.15. The van der Waals surface area contributed by atoms with Gasteiger partial charge in [-0.15, -0.1) is 13.2 Å². The summed E-state index contributed by atoms with van der Waals surface area (Å²) >= 11 is 0. The summed E-state index contributed by atoms with van der Waals surface area (Å²) in [6.07, 6.45) is 0.516. The van der Waals surface area contributed by atoms with E-state index in [2.05, 4.69) is 26.3 Å². The fourth-order valence-electron chi connectivity index (χ4n) is 0.972. The van der Waals surface area contributed by atoms with Gasteiger partial charge in [-0.1, -0.05) is 54.0 Å². The van der Waals surface area contributed by atoms with Crippen LogP contribution < -0.4 is 0 Å². The summed E-state index contributed by atoms with van der Waals surface area (Å²) in [7, 11) is 0. The Bertz CT molecular complexity index is 456. The molecule has 1 nitrogen and oxygen atoms in total. The molecule has 0 fully saturated rings. The maximum Gasteiger partial charge on any atom is 0.415 e. The van der Waals surface area contributed by atoms with Gasteiger partial charge in [0.2, 0.25) is 0 Å². The lowest BCUT2D eigenvalue weighted by molar-refractivity contribution is -0.0878. The van der Waals surface area contributed by atoms with Gasteiger partial charge in [0, 0.05) is 5.57 Å². The maximum atomic E-state index is 12.2. The summed E-state index contributed by atoms with van der Waals surface area (Å²) in [6, 6.07) is 0. The van der Waals surface area contributed by atoms with E-state index in [0.29, 0.717) is 5.47 Å². The molecule has 0 rings (SSSR count). The minimum atomic E-state index is -4.49. The van der Waals surface area contributed by atoms with Gasteiger partial charge in [0.25, 0.3) is 0 Å². The van der Waals surface area contributed by atoms with Gasteiger partial charge in [0.15, 0.2) is 0 Å². The normalized spacial score (nSPS) is 11.8. The lowest BCUT2D eigenvalue weighted by Crippen LogP contribution is -2.17. The SMILES string of the molecule is C=C(C)/C=C\C(=C)B(O)C(=C)/C=C\C(=C)C(F)(F)F. The molecule has 0 unspecified atom stereocenters. The van der Waals surface area contributed by atoms with Crippen LogP contribution in [0.2, 0.25) is 0 Å². The first-order valence-electron chi connectivity index (χ1n) is 5.39. The molecule has 5 heteroatoms. The van der Waals surface area contributed by atoms with Crippen molar-refractivity contribution in [3.05, 3.63) is 72.7 Å². The van der Waals surface area contributed by atoms with Crippen LogP contribution in [0.15, 0.2) is 72.7 Å². The first-order valence-corrected chi connectivity index (χ1v) is 5.39. The van der Waals surface area contributed by atoms with Crippen LogP contribution in [-0.2, 0) is 0 Å². The average molecular weight is 268 g/mol. The standard InChI is InChI=1S/C14H16BF3O/c1-10(2)6-8-12(4)15(19)13(5)9-7-11(3)14(16,17)18/h6-9,19H,1,3-5H2,2H3/b8-6-,9-7-. The molecule has 102 valence electrons. The third kappa shape index (κ3) is 6.67. The number of alkyl halides is 3. The topological polar surface area (TPSA) is 20.2 Å². The predicted molar refractivity (Wildman–Crippen MR) is 74.5 cm³/mol. The minimum absolute atomic E-state index is 0.0989. The molecule has 0 aromatic carbocycles. The smallest absolute Gasteiger partial charge is 0.415 e. The van der Waals surface area contributed by atoms with Crippen molar-refractivity contribution >= 4 is 6.92 Å². The van der Waals surface area contributed by atoms with Crippen molar-refractivity contribution in [2.24, 2.45) is 0 Å². The Balaban J connectivity index is 4.68. The van der Waals surface area contributed by atoms with E-state index >= 15 is 0 Å². The van der Waals surface area contributed by atoms with Crippen LogP contribution in [0.25, 0.3) is 0 Å². The van der Waals surface area contributed by atoms with Crippen molar-refractivity contribution in [3.8, 4) is 0 Å². The zero-order valence-corrected chi connectivity index (χ0v) is 10.8. The predicted octanol–water partition coefficient (Wildman–Crippen LogP) is 3.97. The Hall–Kier alpha value is -1.75. The summed E-state index contributed by atoms with van der Waals surface area (Å²) < 4.78 is 36.6. The summed E-state index contributed by atoms with van der Waals surface area (Å²) in [5.41, 5.74) is 0.168. The fraction of sp³-hybridized carbons (Fsp3) is 0.143. The van der Waals surface area contributed by atoms with Crippen LogP contribution in [-0.4, -0.2) is 18.1 Å². The number of hydrogen-bond acceptors (Lipinski definition) is 1. The van der Waals surface area contributed by atoms with E-state index in [1.54, 1.807) is 13.0 Å². The van der Waals surface area contributed by atoms with Gasteiger partial charge in [0.05, 0.1) is 0 Å². The first-order chi connectivity index (χ1) is 8.55. The average Bonchev–Trinajstić information content (AvgIpc) is 2.30. The highest BCUT2D eigenvalue weighted by atomic mass is 19.4. The molecule has 19 heavy (non-hydrogen) atoms. The van der Waals surface area contributed by atoms with Crippen LogP contribution in [0.1, 0.15) is 6.92 Å². The number of hydrogen-bond donors (Lipinski definition) is 1. The zero-order valence-electron chi connectivity index (χ0n) is 10.8. The van der Waals surface area contributed by atoms with Crippen molar-refractivity contribution in [1.29, 1.82) is 0 Å². The molecule has 0 heterocycles. The van der Waals surface area contributed by atoms with Crippen LogP contribution in [0, 0.1) is 0 Å². The zero-order chi connectivity index (χ0) is 15.2. The van der Waals surface area contributed by atoms with Crippen molar-refractivity contribution in [2.75, 3.05) is 0 Å². The quantitative estimate of drug-likeness (QED) is 0.571. The van der Waals surface area contributed by atoms with Gasteiger partial charge in [-0.2, -0.15) is 13.2 Å². The van der Waals surface area contributed by atoms with Gasteiger partial charge >= 0.3 is 13.1 Å². The highest BCUT2D eigenvalue weighted by Gasteiger charge is 2.30. The molecule has 0 spiro atoms. The maximum absolute atomic E-state index is 12.2. The summed E-state index contributed by atoms with van der Waals surface area (Å²) in [5.74, 6) is 0. The monoisotopic (exact) mass is 268 g/mol. The van der Waals surface area contributed by atoms with Crippen molar-refractivity contribution < 1.29 is 18.2 Å². The van der Waals surface area contributed by atoms with E-state index in [1.807, 2.05) is 0 Å². The van der Waals surface area contributed by atoms with E-state index in [1.165, 1.54) is 6.08 Å². The fourth-order valence-corrected chi connectivity index (χ4v) is 0.972. The molecule has 0 aliphatic rings. The van der Waals surface area contributed by atoms with Crippen molar-refractivity contribution in [3.63, 3.8) is 0 Å². The summed E-state index contributed by atoms with van der Waals surface area (Å²) in [4.78, 5) is 0. The second kappa shape index (κ2) is 6.99. The van der Waals surface area contributed by atoms with Crippen LogP contribution in [0.4, 0.5) is 13.2 Å². The molecule has 0 aliphatic carbocycles. The number of halogens is 3. The minimum Gasteiger partial charge on any atom is -0.443 e. The molecule has 0 aromatic rings. The highest BCUT2D eigenvalue weighted by Crippen LogP contribution is 2.25. The summed E-state index contributed by atoms with van der Waals surface area (Å²) in [6.45, 7) is 14.2. The molecule has 1 N–H and O–H groups in total. The van der Waals surface area contributed by atoms with Crippen molar-refractivity contribution in [1.82, 2.24) is 0 Å². The molecule has 0 bridgehead atoms. The van der Waals surface area contributed by atoms with Crippen LogP contribution in [0.3, 0.4) is 0 Å². The second-order valence-corrected chi connectivity index (χ2v) is 4.09. The molecule has 0 aromatic heterocycles. The molecule has 0 radical (unpaired) electrons. The first kappa shape index (κ1) is 17.3. The second-order valence-electron chi connectivity index (χ2n) is 4.09. The largest absolute Gasteiger partial charge is 0.443 e. The Morgan fingerprint density at radius 3 is 1.74 bits per heavy atom. The molecule has 0 aliphatic heterocycles. The third-order valence-electron chi connectivity index (χ3n) is 2.15. The Labute approximate surface area is 111 Å². The summed E-state index contributed by atoms with van der Waals surface area (Å²) in [5, 5.41) is 9.77. The lowest BCUT2D eigenvalue weighted by Gasteiger charge is -2.08. The Kier molecular flexibility index (Phi) is 6.35. The van der Waals surface area contributed by atoms with E-state index in [0.717, 1.165) is 17.7 Å². The number of allylic oxidation sites excluding steroid dienone is 8. The van der Waals surface area contributed by atoms with E-state index in [9.17, 15) is 18.2 Å². The van der Waals surface area contributed by atoms with Gasteiger partial charge in [-0.3, -0.25) is 0 Å². The van der Waals surface area contributed by atoms with Crippen molar-refractivity contribution in [2.45, 2.75) is 13.1 Å². The van der Waals surface area contributed by atoms with Crippen LogP contribution in [0.5, 0.6) is 0 Å². The molecule has 0 saturated carbocycles. The molecule has 0 amide bonds. The van der Waals surface area contributed by atoms with Crippen LogP contribution >= 0.6 is 0 Å². The highest BCUT2D eigenvalue weighted by molar-refractivity contribution is 6.68. The van der Waals surface area contributed by atoms with Gasteiger partial charge < -0.3 is 5.02 Å². The molecule has 0 atom stereocenters.